The van der Waals surface area contributed by atoms with Crippen molar-refractivity contribution in [3.05, 3.63) is 53.1 Å². The van der Waals surface area contributed by atoms with Gasteiger partial charge in [-0.3, -0.25) is 0 Å². The predicted octanol–water partition coefficient (Wildman–Crippen LogP) is 3.70. The van der Waals surface area contributed by atoms with Crippen LogP contribution in [0, 0.1) is 25.2 Å². The van der Waals surface area contributed by atoms with Gasteiger partial charge < -0.3 is 11.1 Å². The maximum atomic E-state index is 8.77. The van der Waals surface area contributed by atoms with Gasteiger partial charge in [0.2, 0.25) is 0 Å². The van der Waals surface area contributed by atoms with Gasteiger partial charge in [0.1, 0.15) is 0 Å². The molecule has 2 aromatic carbocycles. The quantitative estimate of drug-likeness (QED) is 0.818. The minimum atomic E-state index is 0.328. The van der Waals surface area contributed by atoms with Crippen LogP contribution in [0.3, 0.4) is 0 Å². The molecule has 3 heteroatoms. The Balaban J connectivity index is 2.25. The number of nitrogens with zero attached hydrogens (tertiary/aromatic N) is 1. The summed E-state index contributed by atoms with van der Waals surface area (Å²) in [6, 6.07) is 14.0. The van der Waals surface area contributed by atoms with Crippen LogP contribution in [-0.2, 0) is 6.42 Å². The van der Waals surface area contributed by atoms with Crippen LogP contribution in [0.25, 0.3) is 0 Å². The third-order valence-corrected chi connectivity index (χ3v) is 3.21. The molecule has 0 radical (unpaired) electrons. The molecular weight excluding hydrogens is 234 g/mol. The highest BCUT2D eigenvalue weighted by Gasteiger charge is 2.02. The maximum absolute atomic E-state index is 8.77. The molecule has 0 fully saturated rings. The number of hydrogen-bond acceptors (Lipinski definition) is 3. The minimum Gasteiger partial charge on any atom is -0.398 e. The lowest BCUT2D eigenvalue weighted by atomic mass is 10.1. The highest BCUT2D eigenvalue weighted by molar-refractivity contribution is 5.65. The summed E-state index contributed by atoms with van der Waals surface area (Å²) >= 11 is 0. The van der Waals surface area contributed by atoms with Crippen LogP contribution < -0.4 is 11.1 Å². The smallest absolute Gasteiger partial charge is 0.0670 e. The molecule has 0 heterocycles. The number of anilines is 3. The Morgan fingerprint density at radius 3 is 2.42 bits per heavy atom. The fraction of sp³-hybridized carbons (Fsp3) is 0.188. The SMILES string of the molecule is Cc1ccc(Nc2ccc(N)c(CC#N)c2)cc1C. The molecule has 0 aliphatic heterocycles. The first kappa shape index (κ1) is 13.0. The molecule has 0 atom stereocenters. The van der Waals surface area contributed by atoms with Gasteiger partial charge in [0.05, 0.1) is 12.5 Å². The Hall–Kier alpha value is -2.47. The molecule has 19 heavy (non-hydrogen) atoms. The molecule has 0 saturated heterocycles. The molecule has 3 N–H and O–H groups in total. The first-order chi connectivity index (χ1) is 9.10. The Morgan fingerprint density at radius 2 is 1.74 bits per heavy atom. The number of nitrogens with two attached hydrogens (primary N) is 1. The lowest BCUT2D eigenvalue weighted by Gasteiger charge is -2.11. The standard InChI is InChI=1S/C16H17N3/c1-11-3-4-14(9-12(11)2)19-15-5-6-16(18)13(10-15)7-8-17/h3-6,9-10,19H,7,18H2,1-2H3. The summed E-state index contributed by atoms with van der Waals surface area (Å²) in [7, 11) is 0. The second-order valence-corrected chi connectivity index (χ2v) is 4.67. The van der Waals surface area contributed by atoms with Crippen molar-refractivity contribution in [1.29, 1.82) is 5.26 Å². The molecule has 0 aliphatic rings. The summed E-state index contributed by atoms with van der Waals surface area (Å²) in [5.41, 5.74) is 11.9. The molecule has 3 nitrogen and oxygen atoms in total. The second kappa shape index (κ2) is 5.45. The van der Waals surface area contributed by atoms with Crippen LogP contribution in [0.5, 0.6) is 0 Å². The summed E-state index contributed by atoms with van der Waals surface area (Å²) in [5, 5.41) is 12.1. The summed E-state index contributed by atoms with van der Waals surface area (Å²) in [5.74, 6) is 0. The zero-order valence-electron chi connectivity index (χ0n) is 11.2. The molecule has 2 rings (SSSR count). The van der Waals surface area contributed by atoms with E-state index in [-0.39, 0.29) is 0 Å². The molecule has 0 spiro atoms. The normalized spacial score (nSPS) is 9.95. The van der Waals surface area contributed by atoms with E-state index in [0.717, 1.165) is 16.9 Å². The van der Waals surface area contributed by atoms with Crippen LogP contribution in [0.1, 0.15) is 16.7 Å². The maximum Gasteiger partial charge on any atom is 0.0670 e. The van der Waals surface area contributed by atoms with E-state index in [1.54, 1.807) is 0 Å². The highest BCUT2D eigenvalue weighted by atomic mass is 14.9. The van der Waals surface area contributed by atoms with Crippen LogP contribution in [0.4, 0.5) is 17.1 Å². The molecule has 0 unspecified atom stereocenters. The Labute approximate surface area is 113 Å². The lowest BCUT2D eigenvalue weighted by Crippen LogP contribution is -1.97. The number of aryl methyl sites for hydroxylation is 2. The van der Waals surface area contributed by atoms with E-state index in [2.05, 4.69) is 37.4 Å². The Bertz CT molecular complexity index is 639. The second-order valence-electron chi connectivity index (χ2n) is 4.67. The van der Waals surface area contributed by atoms with Gasteiger partial charge in [-0.1, -0.05) is 6.07 Å². The van der Waals surface area contributed by atoms with E-state index in [4.69, 9.17) is 11.0 Å². The predicted molar refractivity (Wildman–Crippen MR) is 79.4 cm³/mol. The minimum absolute atomic E-state index is 0.328. The van der Waals surface area contributed by atoms with Gasteiger partial charge >= 0.3 is 0 Å². The average molecular weight is 251 g/mol. The van der Waals surface area contributed by atoms with Crippen molar-refractivity contribution in [1.82, 2.24) is 0 Å². The largest absolute Gasteiger partial charge is 0.398 e. The first-order valence-electron chi connectivity index (χ1n) is 6.20. The topological polar surface area (TPSA) is 61.8 Å². The van der Waals surface area contributed by atoms with Crippen molar-refractivity contribution in [2.75, 3.05) is 11.1 Å². The Kier molecular flexibility index (Phi) is 3.72. The zero-order valence-corrected chi connectivity index (χ0v) is 11.2. The molecule has 0 aromatic heterocycles. The third-order valence-electron chi connectivity index (χ3n) is 3.21. The highest BCUT2D eigenvalue weighted by Crippen LogP contribution is 2.23. The summed E-state index contributed by atoms with van der Waals surface area (Å²) < 4.78 is 0. The van der Waals surface area contributed by atoms with Crippen molar-refractivity contribution in [2.45, 2.75) is 20.3 Å². The van der Waals surface area contributed by atoms with E-state index in [0.29, 0.717) is 12.1 Å². The number of benzene rings is 2. The molecule has 96 valence electrons. The van der Waals surface area contributed by atoms with Crippen LogP contribution in [0.2, 0.25) is 0 Å². The summed E-state index contributed by atoms with van der Waals surface area (Å²) in [4.78, 5) is 0. The fourth-order valence-corrected chi connectivity index (χ4v) is 1.91. The first-order valence-corrected chi connectivity index (χ1v) is 6.20. The fourth-order valence-electron chi connectivity index (χ4n) is 1.91. The third kappa shape index (κ3) is 3.05. The van der Waals surface area contributed by atoms with E-state index in [1.807, 2.05) is 24.3 Å². The Morgan fingerprint density at radius 1 is 1.05 bits per heavy atom. The van der Waals surface area contributed by atoms with Gasteiger partial charge in [-0.05, 0) is 60.9 Å². The average Bonchev–Trinajstić information content (AvgIpc) is 2.38. The van der Waals surface area contributed by atoms with E-state index in [1.165, 1.54) is 11.1 Å². The van der Waals surface area contributed by atoms with Gasteiger partial charge in [-0.15, -0.1) is 0 Å². The van der Waals surface area contributed by atoms with Crippen LogP contribution in [-0.4, -0.2) is 0 Å². The zero-order chi connectivity index (χ0) is 13.8. The summed E-state index contributed by atoms with van der Waals surface area (Å²) in [6.07, 6.45) is 0.328. The van der Waals surface area contributed by atoms with E-state index in [9.17, 15) is 0 Å². The van der Waals surface area contributed by atoms with Crippen molar-refractivity contribution >= 4 is 17.1 Å². The van der Waals surface area contributed by atoms with Crippen molar-refractivity contribution in [2.24, 2.45) is 0 Å². The monoisotopic (exact) mass is 251 g/mol. The van der Waals surface area contributed by atoms with E-state index < -0.39 is 0 Å². The van der Waals surface area contributed by atoms with Gasteiger partial charge in [0, 0.05) is 17.1 Å². The number of nitrogen functional groups attached to an aromatic ring is 1. The van der Waals surface area contributed by atoms with Gasteiger partial charge in [0.15, 0.2) is 0 Å². The lowest BCUT2D eigenvalue weighted by molar-refractivity contribution is 1.26. The molecule has 0 amide bonds. The van der Waals surface area contributed by atoms with Crippen LogP contribution in [0.15, 0.2) is 36.4 Å². The van der Waals surface area contributed by atoms with Crippen molar-refractivity contribution in [3.63, 3.8) is 0 Å². The molecule has 0 aliphatic carbocycles. The molecular formula is C16H17N3. The van der Waals surface area contributed by atoms with Gasteiger partial charge in [-0.25, -0.2) is 0 Å². The number of rotatable bonds is 3. The molecule has 2 aromatic rings. The van der Waals surface area contributed by atoms with Gasteiger partial charge in [0.25, 0.3) is 0 Å². The number of hydrogen-bond donors (Lipinski definition) is 2. The van der Waals surface area contributed by atoms with E-state index >= 15 is 0 Å². The molecule has 0 saturated carbocycles. The molecule has 0 bridgehead atoms. The van der Waals surface area contributed by atoms with Gasteiger partial charge in [-0.2, -0.15) is 5.26 Å². The van der Waals surface area contributed by atoms with Crippen LogP contribution >= 0.6 is 0 Å². The number of nitriles is 1. The number of nitrogens with one attached hydrogen (secondary N) is 1. The van der Waals surface area contributed by atoms with Crippen molar-refractivity contribution in [3.8, 4) is 6.07 Å². The van der Waals surface area contributed by atoms with Crippen molar-refractivity contribution < 1.29 is 0 Å². The summed E-state index contributed by atoms with van der Waals surface area (Å²) in [6.45, 7) is 4.18.